The Labute approximate surface area is 588 Å². The van der Waals surface area contributed by atoms with Gasteiger partial charge in [-0.25, -0.2) is 9.13 Å². The van der Waals surface area contributed by atoms with Crippen LogP contribution in [0.15, 0.2) is 0 Å². The van der Waals surface area contributed by atoms with Crippen molar-refractivity contribution in [1.29, 1.82) is 0 Å². The summed E-state index contributed by atoms with van der Waals surface area (Å²) in [5.41, 5.74) is 0. The predicted molar refractivity (Wildman–Crippen MR) is 391 cm³/mol. The van der Waals surface area contributed by atoms with Gasteiger partial charge in [-0.3, -0.25) is 37.3 Å². The second-order valence-electron chi connectivity index (χ2n) is 29.4. The van der Waals surface area contributed by atoms with E-state index < -0.39 is 97.5 Å². The molecule has 0 aromatic rings. The van der Waals surface area contributed by atoms with Crippen LogP contribution in [-0.4, -0.2) is 96.7 Å². The zero-order chi connectivity index (χ0) is 71.0. The van der Waals surface area contributed by atoms with Crippen molar-refractivity contribution in [2.24, 2.45) is 23.7 Å². The fourth-order valence-electron chi connectivity index (χ4n) is 11.7. The Bertz CT molecular complexity index is 1890. The van der Waals surface area contributed by atoms with E-state index in [0.717, 1.165) is 114 Å². The first-order valence-electron chi connectivity index (χ1n) is 39.7. The highest BCUT2D eigenvalue weighted by Gasteiger charge is 2.30. The molecule has 0 saturated heterocycles. The van der Waals surface area contributed by atoms with Crippen molar-refractivity contribution in [2.45, 2.75) is 408 Å². The lowest BCUT2D eigenvalue weighted by Crippen LogP contribution is -2.30. The van der Waals surface area contributed by atoms with E-state index in [1.807, 2.05) is 0 Å². The molecule has 96 heavy (non-hydrogen) atoms. The molecular formula is C77H150O17P2. The number of ether oxygens (including phenoxy) is 4. The molecule has 0 radical (unpaired) electrons. The average Bonchev–Trinajstić information content (AvgIpc) is 1.26. The van der Waals surface area contributed by atoms with E-state index >= 15 is 0 Å². The van der Waals surface area contributed by atoms with Crippen LogP contribution in [0.2, 0.25) is 0 Å². The van der Waals surface area contributed by atoms with Gasteiger partial charge in [-0.05, 0) is 49.4 Å². The summed E-state index contributed by atoms with van der Waals surface area (Å²) in [5, 5.41) is 10.6. The van der Waals surface area contributed by atoms with Gasteiger partial charge in [0.1, 0.15) is 19.3 Å². The maximum Gasteiger partial charge on any atom is 0.472 e. The third kappa shape index (κ3) is 69.2. The van der Waals surface area contributed by atoms with Crippen molar-refractivity contribution in [3.8, 4) is 0 Å². The molecule has 0 saturated carbocycles. The van der Waals surface area contributed by atoms with Crippen molar-refractivity contribution in [3.05, 3.63) is 0 Å². The SMILES string of the molecule is CCC(C)CCCCCCCCC(=O)OC[C@H](COP(=O)(O)OC[C@H](O)COP(=O)(O)OC[C@@H](COC(=O)CCCCCCCCCCCCCCC(C)C)OC(=O)CCCCCCCCCC(C)C)OC(=O)CCCCCCCCCCCCCCCCCCCCC(C)C. The number of hydrogen-bond acceptors (Lipinski definition) is 15. The van der Waals surface area contributed by atoms with E-state index in [-0.39, 0.29) is 25.7 Å². The summed E-state index contributed by atoms with van der Waals surface area (Å²) in [6.07, 6.45) is 51.6. The molecule has 3 N–H and O–H groups in total. The van der Waals surface area contributed by atoms with Crippen molar-refractivity contribution in [1.82, 2.24) is 0 Å². The second kappa shape index (κ2) is 66.3. The largest absolute Gasteiger partial charge is 0.472 e. The van der Waals surface area contributed by atoms with E-state index in [2.05, 4.69) is 55.4 Å². The number of hydrogen-bond donors (Lipinski definition) is 3. The van der Waals surface area contributed by atoms with E-state index in [9.17, 15) is 43.2 Å². The van der Waals surface area contributed by atoms with Crippen molar-refractivity contribution < 1.29 is 80.2 Å². The number of rotatable bonds is 74. The molecule has 19 heteroatoms. The molecule has 0 amide bonds. The smallest absolute Gasteiger partial charge is 0.462 e. The Morgan fingerprint density at radius 2 is 0.500 bits per heavy atom. The molecule has 0 fully saturated rings. The molecule has 6 atom stereocenters. The molecule has 0 rings (SSSR count). The average molecular weight is 1410 g/mol. The molecule has 0 spiro atoms. The minimum absolute atomic E-state index is 0.103. The summed E-state index contributed by atoms with van der Waals surface area (Å²) in [6.45, 7) is 14.2. The van der Waals surface area contributed by atoms with Gasteiger partial charge in [0.2, 0.25) is 0 Å². The van der Waals surface area contributed by atoms with Crippen LogP contribution in [0.4, 0.5) is 0 Å². The van der Waals surface area contributed by atoms with Crippen LogP contribution in [0, 0.1) is 23.7 Å². The van der Waals surface area contributed by atoms with Crippen LogP contribution < -0.4 is 0 Å². The fourth-order valence-corrected chi connectivity index (χ4v) is 13.3. The molecule has 0 aliphatic rings. The van der Waals surface area contributed by atoms with Gasteiger partial charge in [0, 0.05) is 25.7 Å². The van der Waals surface area contributed by atoms with Crippen LogP contribution in [0.3, 0.4) is 0 Å². The molecule has 0 aromatic carbocycles. The van der Waals surface area contributed by atoms with Crippen LogP contribution in [0.25, 0.3) is 0 Å². The monoisotopic (exact) mass is 1410 g/mol. The predicted octanol–water partition coefficient (Wildman–Crippen LogP) is 22.4. The van der Waals surface area contributed by atoms with Crippen molar-refractivity contribution in [3.63, 3.8) is 0 Å². The number of esters is 4. The van der Waals surface area contributed by atoms with Crippen LogP contribution in [0.5, 0.6) is 0 Å². The molecule has 0 aromatic heterocycles. The zero-order valence-electron chi connectivity index (χ0n) is 63.0. The summed E-state index contributed by atoms with van der Waals surface area (Å²) < 4.78 is 68.5. The molecule has 570 valence electrons. The number of aliphatic hydroxyl groups is 1. The Morgan fingerprint density at radius 3 is 0.740 bits per heavy atom. The van der Waals surface area contributed by atoms with E-state index in [1.165, 1.54) is 186 Å². The van der Waals surface area contributed by atoms with Crippen LogP contribution in [0.1, 0.15) is 389 Å². The van der Waals surface area contributed by atoms with E-state index in [0.29, 0.717) is 31.6 Å². The van der Waals surface area contributed by atoms with Gasteiger partial charge in [-0.2, -0.15) is 0 Å². The molecule has 17 nitrogen and oxygen atoms in total. The minimum atomic E-state index is -4.96. The standard InChI is InChI=1S/C77H150O17P2/c1-9-70(8)56-48-40-35-36-42-50-58-75(80)88-64-73(93-76(81)59-51-43-33-27-23-17-15-13-11-10-12-14-16-20-24-29-37-45-53-67(2)3)66-92-96(85,86)90-62-71(78)61-89-95(83,84)91-65-72(94-77(82)60-52-44-34-28-31-39-47-55-69(6)7)63-87-74(79)57-49-41-32-26-22-19-18-21-25-30-38-46-54-68(4)5/h67-73,78H,9-66H2,1-8H3,(H,83,84)(H,85,86)/t70?,71-,72-,73-/m1/s1. The number of phosphoric ester groups is 2. The fraction of sp³-hybridized carbons (Fsp3) is 0.948. The maximum absolute atomic E-state index is 13.1. The minimum Gasteiger partial charge on any atom is -0.462 e. The van der Waals surface area contributed by atoms with Gasteiger partial charge in [0.05, 0.1) is 26.4 Å². The lowest BCUT2D eigenvalue weighted by Gasteiger charge is -2.21. The highest BCUT2D eigenvalue weighted by atomic mass is 31.2. The second-order valence-corrected chi connectivity index (χ2v) is 32.3. The summed E-state index contributed by atoms with van der Waals surface area (Å²) in [5.74, 6) is 0.905. The zero-order valence-corrected chi connectivity index (χ0v) is 64.8. The van der Waals surface area contributed by atoms with Crippen molar-refractivity contribution >= 4 is 39.5 Å². The molecule has 0 heterocycles. The summed E-state index contributed by atoms with van der Waals surface area (Å²) in [4.78, 5) is 72.8. The quantitative estimate of drug-likeness (QED) is 0.0222. The molecular weight excluding hydrogens is 1260 g/mol. The van der Waals surface area contributed by atoms with Crippen LogP contribution >= 0.6 is 15.6 Å². The highest BCUT2D eigenvalue weighted by Crippen LogP contribution is 2.45. The number of phosphoric acid groups is 2. The number of unbranched alkanes of at least 4 members (excludes halogenated alkanes) is 39. The normalized spacial score (nSPS) is 14.4. The third-order valence-corrected chi connectivity index (χ3v) is 20.1. The first-order chi connectivity index (χ1) is 46.1. The first kappa shape index (κ1) is 94.1. The molecule has 0 bridgehead atoms. The molecule has 0 aliphatic heterocycles. The lowest BCUT2D eigenvalue weighted by atomic mass is 10.00. The van der Waals surface area contributed by atoms with Gasteiger partial charge in [0.25, 0.3) is 0 Å². The van der Waals surface area contributed by atoms with Crippen LogP contribution in [-0.2, 0) is 65.4 Å². The van der Waals surface area contributed by atoms with Gasteiger partial charge in [-0.15, -0.1) is 0 Å². The molecule has 0 aliphatic carbocycles. The molecule has 3 unspecified atom stereocenters. The first-order valence-corrected chi connectivity index (χ1v) is 42.7. The van der Waals surface area contributed by atoms with E-state index in [4.69, 9.17) is 37.0 Å². The van der Waals surface area contributed by atoms with Crippen molar-refractivity contribution in [2.75, 3.05) is 39.6 Å². The number of carbonyl (C=O) groups excluding carboxylic acids is 4. The number of aliphatic hydroxyl groups excluding tert-OH is 1. The van der Waals surface area contributed by atoms with Gasteiger partial charge in [0.15, 0.2) is 12.2 Å². The summed E-state index contributed by atoms with van der Waals surface area (Å²) >= 11 is 0. The summed E-state index contributed by atoms with van der Waals surface area (Å²) in [6, 6.07) is 0. The van der Waals surface area contributed by atoms with Gasteiger partial charge >= 0.3 is 39.5 Å². The van der Waals surface area contributed by atoms with Gasteiger partial charge in [-0.1, -0.05) is 338 Å². The topological polar surface area (TPSA) is 237 Å². The lowest BCUT2D eigenvalue weighted by molar-refractivity contribution is -0.161. The Balaban J connectivity index is 5.17. The highest BCUT2D eigenvalue weighted by molar-refractivity contribution is 7.47. The Kier molecular flexibility index (Phi) is 65.0. The third-order valence-electron chi connectivity index (χ3n) is 18.2. The summed E-state index contributed by atoms with van der Waals surface area (Å²) in [7, 11) is -9.91. The van der Waals surface area contributed by atoms with Gasteiger partial charge < -0.3 is 33.8 Å². The maximum atomic E-state index is 13.1. The Hall–Kier alpha value is -1.94. The Morgan fingerprint density at radius 1 is 0.292 bits per heavy atom. The number of carbonyl (C=O) groups is 4. The van der Waals surface area contributed by atoms with E-state index in [1.54, 1.807) is 0 Å².